The molecule has 0 heterocycles. The van der Waals surface area contributed by atoms with Gasteiger partial charge < -0.3 is 15.2 Å². The van der Waals surface area contributed by atoms with Gasteiger partial charge in [0.1, 0.15) is 5.75 Å². The summed E-state index contributed by atoms with van der Waals surface area (Å²) in [5.41, 5.74) is 1.23. The molecule has 2 rings (SSSR count). The second-order valence-electron chi connectivity index (χ2n) is 4.48. The Morgan fingerprint density at radius 2 is 1.90 bits per heavy atom. The minimum atomic E-state index is -3.07. The second-order valence-corrected chi connectivity index (χ2v) is 4.48. The van der Waals surface area contributed by atoms with Crippen molar-refractivity contribution in [2.75, 3.05) is 5.32 Å². The van der Waals surface area contributed by atoms with Gasteiger partial charge in [-0.1, -0.05) is 12.1 Å². The largest absolute Gasteiger partial charge is 0.508 e. The van der Waals surface area contributed by atoms with Crippen LogP contribution in [0.15, 0.2) is 42.5 Å². The van der Waals surface area contributed by atoms with Crippen LogP contribution in [0, 0.1) is 5.82 Å². The first-order chi connectivity index (χ1) is 9.95. The lowest BCUT2D eigenvalue weighted by Gasteiger charge is -2.16. The number of nitrogens with one attached hydrogen (secondary N) is 1. The lowest BCUT2D eigenvalue weighted by Crippen LogP contribution is -2.08. The van der Waals surface area contributed by atoms with Gasteiger partial charge in [-0.3, -0.25) is 0 Å². The first-order valence-corrected chi connectivity index (χ1v) is 6.25. The summed E-state index contributed by atoms with van der Waals surface area (Å²) in [7, 11) is 0. The summed E-state index contributed by atoms with van der Waals surface area (Å²) in [6.45, 7) is -1.24. The van der Waals surface area contributed by atoms with E-state index in [9.17, 15) is 18.3 Å². The molecule has 0 radical (unpaired) electrons. The summed E-state index contributed by atoms with van der Waals surface area (Å²) >= 11 is 0. The van der Waals surface area contributed by atoms with E-state index in [4.69, 9.17) is 0 Å². The van der Waals surface area contributed by atoms with Crippen molar-refractivity contribution in [2.45, 2.75) is 19.6 Å². The van der Waals surface area contributed by atoms with Gasteiger partial charge in [-0.05, 0) is 36.8 Å². The molecule has 21 heavy (non-hydrogen) atoms. The van der Waals surface area contributed by atoms with E-state index >= 15 is 0 Å². The maximum atomic E-state index is 13.6. The van der Waals surface area contributed by atoms with Crippen LogP contribution in [0.2, 0.25) is 0 Å². The van der Waals surface area contributed by atoms with E-state index in [1.165, 1.54) is 6.07 Å². The highest BCUT2D eigenvalue weighted by Crippen LogP contribution is 2.26. The quantitative estimate of drug-likeness (QED) is 0.864. The van der Waals surface area contributed by atoms with E-state index < -0.39 is 18.2 Å². The molecule has 0 amide bonds. The zero-order valence-corrected chi connectivity index (χ0v) is 11.2. The molecule has 0 bridgehead atoms. The van der Waals surface area contributed by atoms with E-state index in [0.717, 1.165) is 17.7 Å². The Labute approximate surface area is 120 Å². The average molecular weight is 297 g/mol. The van der Waals surface area contributed by atoms with Crippen LogP contribution in [0.5, 0.6) is 11.5 Å². The molecule has 3 nitrogen and oxygen atoms in total. The highest BCUT2D eigenvalue weighted by atomic mass is 19.3. The minimum absolute atomic E-state index is 0.132. The van der Waals surface area contributed by atoms with Crippen molar-refractivity contribution in [1.29, 1.82) is 0 Å². The first-order valence-electron chi connectivity index (χ1n) is 6.25. The fourth-order valence-electron chi connectivity index (χ4n) is 1.91. The first kappa shape index (κ1) is 15.0. The van der Waals surface area contributed by atoms with Crippen LogP contribution in [0.4, 0.5) is 18.9 Å². The Balaban J connectivity index is 2.11. The highest BCUT2D eigenvalue weighted by Gasteiger charge is 2.12. The smallest absolute Gasteiger partial charge is 0.387 e. The van der Waals surface area contributed by atoms with Gasteiger partial charge in [0.2, 0.25) is 0 Å². The average Bonchev–Trinajstić information content (AvgIpc) is 2.41. The van der Waals surface area contributed by atoms with Crippen LogP contribution in [0.3, 0.4) is 0 Å². The maximum Gasteiger partial charge on any atom is 0.387 e. The Kier molecular flexibility index (Phi) is 4.57. The molecule has 0 fully saturated rings. The van der Waals surface area contributed by atoms with Gasteiger partial charge in [-0.2, -0.15) is 8.78 Å². The van der Waals surface area contributed by atoms with Crippen molar-refractivity contribution in [1.82, 2.24) is 0 Å². The number of phenols is 1. The number of aromatic hydroxyl groups is 1. The molecule has 1 unspecified atom stereocenters. The highest BCUT2D eigenvalue weighted by molar-refractivity contribution is 5.49. The molecule has 0 spiro atoms. The van der Waals surface area contributed by atoms with Crippen molar-refractivity contribution < 1.29 is 23.0 Å². The van der Waals surface area contributed by atoms with Crippen molar-refractivity contribution in [3.8, 4) is 11.5 Å². The Hall–Kier alpha value is -2.37. The number of rotatable bonds is 5. The molecule has 2 aromatic rings. The summed E-state index contributed by atoms with van der Waals surface area (Å²) in [5.74, 6) is -1.24. The van der Waals surface area contributed by atoms with Gasteiger partial charge in [0.05, 0.1) is 0 Å². The van der Waals surface area contributed by atoms with E-state index in [1.54, 1.807) is 18.2 Å². The third kappa shape index (κ3) is 4.05. The summed E-state index contributed by atoms with van der Waals surface area (Å²) in [6, 6.07) is 10.1. The van der Waals surface area contributed by atoms with Crippen molar-refractivity contribution >= 4 is 5.69 Å². The number of alkyl halides is 2. The van der Waals surface area contributed by atoms with Crippen molar-refractivity contribution in [2.24, 2.45) is 0 Å². The molecule has 0 saturated heterocycles. The molecule has 0 aliphatic heterocycles. The molecule has 1 atom stereocenters. The molecular weight excluding hydrogens is 283 g/mol. The van der Waals surface area contributed by atoms with E-state index in [-0.39, 0.29) is 11.8 Å². The lowest BCUT2D eigenvalue weighted by atomic mass is 10.1. The predicted octanol–water partition coefficient (Wildman–Crippen LogP) is 4.31. The number of phenolic OH excluding ortho intramolecular Hbond substituents is 1. The third-order valence-electron chi connectivity index (χ3n) is 2.90. The van der Waals surface area contributed by atoms with Crippen LogP contribution < -0.4 is 10.1 Å². The minimum Gasteiger partial charge on any atom is -0.508 e. The van der Waals surface area contributed by atoms with Gasteiger partial charge >= 0.3 is 6.61 Å². The molecule has 112 valence electrons. The van der Waals surface area contributed by atoms with Crippen LogP contribution in [0.25, 0.3) is 0 Å². The SMILES string of the molecule is CC(Nc1ccc(OC(F)F)c(F)c1)c1cccc(O)c1. The zero-order chi connectivity index (χ0) is 15.4. The normalized spacial score (nSPS) is 12.2. The number of hydrogen-bond acceptors (Lipinski definition) is 3. The van der Waals surface area contributed by atoms with E-state index in [0.29, 0.717) is 5.69 Å². The third-order valence-corrected chi connectivity index (χ3v) is 2.90. The van der Waals surface area contributed by atoms with Gasteiger partial charge in [0.15, 0.2) is 11.6 Å². The van der Waals surface area contributed by atoms with Crippen LogP contribution in [0.1, 0.15) is 18.5 Å². The van der Waals surface area contributed by atoms with Gasteiger partial charge in [0.25, 0.3) is 0 Å². The number of ether oxygens (including phenoxy) is 1. The van der Waals surface area contributed by atoms with Crippen LogP contribution in [-0.2, 0) is 0 Å². The van der Waals surface area contributed by atoms with E-state index in [1.807, 2.05) is 13.0 Å². The van der Waals surface area contributed by atoms with Crippen LogP contribution in [-0.4, -0.2) is 11.7 Å². The zero-order valence-electron chi connectivity index (χ0n) is 11.2. The number of anilines is 1. The van der Waals surface area contributed by atoms with Gasteiger partial charge in [-0.25, -0.2) is 4.39 Å². The number of benzene rings is 2. The fraction of sp³-hybridized carbons (Fsp3) is 0.200. The molecule has 0 aromatic heterocycles. The molecule has 0 aliphatic carbocycles. The summed E-state index contributed by atoms with van der Waals surface area (Å²) in [4.78, 5) is 0. The predicted molar refractivity (Wildman–Crippen MR) is 73.2 cm³/mol. The molecule has 0 saturated carbocycles. The summed E-state index contributed by atoms with van der Waals surface area (Å²) in [6.07, 6.45) is 0. The maximum absolute atomic E-state index is 13.6. The monoisotopic (exact) mass is 297 g/mol. The Morgan fingerprint density at radius 1 is 1.14 bits per heavy atom. The topological polar surface area (TPSA) is 41.5 Å². The fourth-order valence-corrected chi connectivity index (χ4v) is 1.91. The van der Waals surface area contributed by atoms with Crippen LogP contribution >= 0.6 is 0 Å². The lowest BCUT2D eigenvalue weighted by molar-refractivity contribution is -0.0521. The molecule has 0 aliphatic rings. The summed E-state index contributed by atoms with van der Waals surface area (Å²) in [5, 5.41) is 12.4. The van der Waals surface area contributed by atoms with Crippen molar-refractivity contribution in [3.63, 3.8) is 0 Å². The second kappa shape index (κ2) is 6.39. The number of halogens is 3. The number of hydrogen-bond donors (Lipinski definition) is 2. The Morgan fingerprint density at radius 3 is 2.52 bits per heavy atom. The van der Waals surface area contributed by atoms with Gasteiger partial charge in [0, 0.05) is 17.8 Å². The molecule has 2 N–H and O–H groups in total. The Bertz CT molecular complexity index is 620. The van der Waals surface area contributed by atoms with E-state index in [2.05, 4.69) is 10.1 Å². The van der Waals surface area contributed by atoms with Crippen molar-refractivity contribution in [3.05, 3.63) is 53.8 Å². The standard InChI is InChI=1S/C15H14F3NO2/c1-9(10-3-2-4-12(20)7-10)19-11-5-6-14(13(16)8-11)21-15(17)18/h2-9,15,19-20H,1H3. The molecule has 6 heteroatoms. The molecule has 2 aromatic carbocycles. The summed E-state index contributed by atoms with van der Waals surface area (Å²) < 4.78 is 41.7. The molecular formula is C15H14F3NO2. The van der Waals surface area contributed by atoms with Gasteiger partial charge in [-0.15, -0.1) is 0 Å².